The number of hydrogen-bond donors (Lipinski definition) is 0. The molecule has 2 rings (SSSR count). The normalized spacial score (nSPS) is 21.5. The van der Waals surface area contributed by atoms with Gasteiger partial charge in [-0.15, -0.1) is 0 Å². The van der Waals surface area contributed by atoms with Gasteiger partial charge in [0.2, 0.25) is 0 Å². The Bertz CT molecular complexity index is 411. The van der Waals surface area contributed by atoms with Crippen LogP contribution in [0.3, 0.4) is 0 Å². The predicted molar refractivity (Wildman–Crippen MR) is 55.6 cm³/mol. The Kier molecular flexibility index (Phi) is 2.31. The fourth-order valence-corrected chi connectivity index (χ4v) is 2.21. The number of nitrogens with zero attached hydrogens (tertiary/aromatic N) is 1. The number of hydrogen-bond acceptors (Lipinski definition) is 1. The first kappa shape index (κ1) is 10.6. The summed E-state index contributed by atoms with van der Waals surface area (Å²) < 4.78 is 26.5. The van der Waals surface area contributed by atoms with Crippen LogP contribution in [-0.2, 0) is 5.41 Å². The lowest BCUT2D eigenvalue weighted by Gasteiger charge is -2.42. The van der Waals surface area contributed by atoms with Gasteiger partial charge in [-0.3, -0.25) is 0 Å². The predicted octanol–water partition coefficient (Wildman–Crippen LogP) is 3.64. The minimum atomic E-state index is -2.68. The van der Waals surface area contributed by atoms with Gasteiger partial charge in [0.15, 0.2) is 0 Å². The van der Waals surface area contributed by atoms with E-state index in [-0.39, 0.29) is 12.8 Å². The molecule has 0 saturated heterocycles. The number of halogens is 3. The smallest absolute Gasteiger partial charge is 0.207 e. The SMILES string of the molecule is N#CC1(c2ccc(Br)cc2)CC(F)(F)C1. The van der Waals surface area contributed by atoms with Crippen molar-refractivity contribution in [3.63, 3.8) is 0 Å². The first-order valence-electron chi connectivity index (χ1n) is 4.53. The van der Waals surface area contributed by atoms with Gasteiger partial charge in [-0.25, -0.2) is 8.78 Å². The molecule has 0 unspecified atom stereocenters. The van der Waals surface area contributed by atoms with Crippen molar-refractivity contribution >= 4 is 15.9 Å². The molecule has 4 heteroatoms. The van der Waals surface area contributed by atoms with Gasteiger partial charge in [-0.1, -0.05) is 28.1 Å². The Balaban J connectivity index is 2.31. The van der Waals surface area contributed by atoms with Gasteiger partial charge >= 0.3 is 0 Å². The molecule has 0 radical (unpaired) electrons. The maximum absolute atomic E-state index is 12.8. The minimum absolute atomic E-state index is 0.363. The van der Waals surface area contributed by atoms with E-state index >= 15 is 0 Å². The van der Waals surface area contributed by atoms with E-state index in [9.17, 15) is 8.78 Å². The van der Waals surface area contributed by atoms with E-state index < -0.39 is 11.3 Å². The van der Waals surface area contributed by atoms with E-state index in [2.05, 4.69) is 15.9 Å². The molecule has 1 nitrogen and oxygen atoms in total. The van der Waals surface area contributed by atoms with Crippen molar-refractivity contribution in [1.29, 1.82) is 5.26 Å². The van der Waals surface area contributed by atoms with Crippen LogP contribution >= 0.6 is 15.9 Å². The molecule has 0 amide bonds. The third-order valence-electron chi connectivity index (χ3n) is 2.73. The van der Waals surface area contributed by atoms with Crippen molar-refractivity contribution in [1.82, 2.24) is 0 Å². The highest BCUT2D eigenvalue weighted by molar-refractivity contribution is 9.10. The molecule has 0 heterocycles. The van der Waals surface area contributed by atoms with Crippen molar-refractivity contribution < 1.29 is 8.78 Å². The Hall–Kier alpha value is -0.950. The van der Waals surface area contributed by atoms with Crippen LogP contribution in [0.4, 0.5) is 8.78 Å². The fourth-order valence-electron chi connectivity index (χ4n) is 1.95. The summed E-state index contributed by atoms with van der Waals surface area (Å²) in [7, 11) is 0. The van der Waals surface area contributed by atoms with Crippen molar-refractivity contribution in [3.05, 3.63) is 34.3 Å². The van der Waals surface area contributed by atoms with Crippen LogP contribution in [0.2, 0.25) is 0 Å². The van der Waals surface area contributed by atoms with E-state index in [4.69, 9.17) is 5.26 Å². The number of alkyl halides is 2. The second kappa shape index (κ2) is 3.28. The largest absolute Gasteiger partial charge is 0.251 e. The molecular formula is C11H8BrF2N. The molecule has 1 aromatic carbocycles. The molecular weight excluding hydrogens is 264 g/mol. The zero-order valence-corrected chi connectivity index (χ0v) is 9.39. The molecule has 0 spiro atoms. The quantitative estimate of drug-likeness (QED) is 0.765. The summed E-state index contributed by atoms with van der Waals surface area (Å²) in [5.74, 6) is -2.68. The summed E-state index contributed by atoms with van der Waals surface area (Å²) in [5.41, 5.74) is -0.302. The zero-order valence-electron chi connectivity index (χ0n) is 7.80. The highest BCUT2D eigenvalue weighted by Crippen LogP contribution is 2.53. The van der Waals surface area contributed by atoms with E-state index in [1.807, 2.05) is 6.07 Å². The van der Waals surface area contributed by atoms with Crippen LogP contribution in [0.15, 0.2) is 28.7 Å². The summed E-state index contributed by atoms with van der Waals surface area (Å²) in [4.78, 5) is 0. The standard InChI is InChI=1S/C11H8BrF2N/c12-9-3-1-8(2-4-9)10(7-15)5-11(13,14)6-10/h1-4H,5-6H2. The zero-order chi connectivity index (χ0) is 11.1. The minimum Gasteiger partial charge on any atom is -0.207 e. The van der Waals surface area contributed by atoms with Crippen LogP contribution in [0.1, 0.15) is 18.4 Å². The molecule has 0 N–H and O–H groups in total. The maximum Gasteiger partial charge on any atom is 0.251 e. The van der Waals surface area contributed by atoms with Gasteiger partial charge in [0.25, 0.3) is 5.92 Å². The molecule has 1 fully saturated rings. The molecule has 0 aromatic heterocycles. The van der Waals surface area contributed by atoms with Gasteiger partial charge in [0.1, 0.15) is 0 Å². The van der Waals surface area contributed by atoms with Gasteiger partial charge < -0.3 is 0 Å². The maximum atomic E-state index is 12.8. The van der Waals surface area contributed by atoms with Crippen molar-refractivity contribution in [3.8, 4) is 6.07 Å². The molecule has 1 saturated carbocycles. The number of nitriles is 1. The van der Waals surface area contributed by atoms with Gasteiger partial charge in [0, 0.05) is 17.3 Å². The monoisotopic (exact) mass is 271 g/mol. The molecule has 15 heavy (non-hydrogen) atoms. The van der Waals surface area contributed by atoms with Crippen molar-refractivity contribution in [2.45, 2.75) is 24.2 Å². The average Bonchev–Trinajstić information content (AvgIpc) is 2.14. The fraction of sp³-hybridized carbons (Fsp3) is 0.364. The first-order chi connectivity index (χ1) is 6.97. The van der Waals surface area contributed by atoms with Crippen LogP contribution < -0.4 is 0 Å². The third kappa shape index (κ3) is 1.76. The number of rotatable bonds is 1. The first-order valence-corrected chi connectivity index (χ1v) is 5.32. The van der Waals surface area contributed by atoms with Crippen LogP contribution in [0, 0.1) is 11.3 Å². The summed E-state index contributed by atoms with van der Waals surface area (Å²) in [6, 6.07) is 9.00. The lowest BCUT2D eigenvalue weighted by atomic mass is 9.63. The molecule has 0 aliphatic heterocycles. The second-order valence-electron chi connectivity index (χ2n) is 3.91. The van der Waals surface area contributed by atoms with Crippen molar-refractivity contribution in [2.24, 2.45) is 0 Å². The Morgan fingerprint density at radius 2 is 1.73 bits per heavy atom. The second-order valence-corrected chi connectivity index (χ2v) is 4.83. The topological polar surface area (TPSA) is 23.8 Å². The highest BCUT2D eigenvalue weighted by Gasteiger charge is 2.57. The van der Waals surface area contributed by atoms with E-state index in [0.29, 0.717) is 5.56 Å². The Morgan fingerprint density at radius 3 is 2.13 bits per heavy atom. The lowest BCUT2D eigenvalue weighted by molar-refractivity contribution is -0.109. The third-order valence-corrected chi connectivity index (χ3v) is 3.26. The van der Waals surface area contributed by atoms with Crippen LogP contribution in [0.5, 0.6) is 0 Å². The molecule has 1 aromatic rings. The molecule has 0 atom stereocenters. The van der Waals surface area contributed by atoms with E-state index in [1.54, 1.807) is 24.3 Å². The average molecular weight is 272 g/mol. The summed E-state index contributed by atoms with van der Waals surface area (Å²) >= 11 is 3.27. The van der Waals surface area contributed by atoms with Gasteiger partial charge in [0.05, 0.1) is 11.5 Å². The highest BCUT2D eigenvalue weighted by atomic mass is 79.9. The Labute approximate surface area is 94.8 Å². The Morgan fingerprint density at radius 1 is 1.20 bits per heavy atom. The van der Waals surface area contributed by atoms with Crippen molar-refractivity contribution in [2.75, 3.05) is 0 Å². The summed E-state index contributed by atoms with van der Waals surface area (Å²) in [5, 5.41) is 9.00. The molecule has 1 aliphatic carbocycles. The van der Waals surface area contributed by atoms with Gasteiger partial charge in [-0.2, -0.15) is 5.26 Å². The summed E-state index contributed by atoms with van der Waals surface area (Å²) in [6.45, 7) is 0. The molecule has 1 aliphatic rings. The lowest BCUT2D eigenvalue weighted by Crippen LogP contribution is -2.48. The van der Waals surface area contributed by atoms with Crippen LogP contribution in [0.25, 0.3) is 0 Å². The van der Waals surface area contributed by atoms with Gasteiger partial charge in [-0.05, 0) is 17.7 Å². The van der Waals surface area contributed by atoms with Crippen LogP contribution in [-0.4, -0.2) is 5.92 Å². The summed E-state index contributed by atoms with van der Waals surface area (Å²) in [6.07, 6.45) is -0.726. The van der Waals surface area contributed by atoms with E-state index in [1.165, 1.54) is 0 Å². The molecule has 78 valence electrons. The number of benzene rings is 1. The van der Waals surface area contributed by atoms with E-state index in [0.717, 1.165) is 4.47 Å². The molecule has 0 bridgehead atoms.